The van der Waals surface area contributed by atoms with Crippen molar-refractivity contribution in [3.8, 4) is 0 Å². The van der Waals surface area contributed by atoms with Crippen LogP contribution in [0.5, 0.6) is 0 Å². The Bertz CT molecular complexity index is 707. The highest BCUT2D eigenvalue weighted by molar-refractivity contribution is 7.85. The van der Waals surface area contributed by atoms with Gasteiger partial charge in [0, 0.05) is 6.42 Å². The quantitative estimate of drug-likeness (QED) is 0.114. The lowest BCUT2D eigenvalue weighted by molar-refractivity contribution is -0.837. The number of allylic oxidation sites excluding steroid dienone is 2. The molecule has 0 aliphatic carbocycles. The topological polar surface area (TPSA) is 124 Å². The molecule has 3 N–H and O–H groups in total. The van der Waals surface area contributed by atoms with Crippen molar-refractivity contribution in [2.75, 3.05) is 38.5 Å². The Balaban J connectivity index is 2.40. The van der Waals surface area contributed by atoms with Gasteiger partial charge in [0.15, 0.2) is 0 Å². The minimum atomic E-state index is -4.34. The second-order valence-corrected chi connectivity index (χ2v) is 10.3. The standard InChI is InChI=1S/C23H42N2O6S/c1-2-3-4-5-6-7-8-9-10-11-12-13-14-22(28)23-24-15-16-25(23,17-18-26)19-21(27)20-32(29,30)31/h11-12,21,26-27H,2-10,13-20H2,1H3/p+1/b12-11+. The summed E-state index contributed by atoms with van der Waals surface area (Å²) in [5.41, 5.74) is 0. The molecule has 0 saturated carbocycles. The molecule has 1 rings (SSSR count). The van der Waals surface area contributed by atoms with Gasteiger partial charge in [0.2, 0.25) is 5.78 Å². The molecular formula is C23H43N2O6S+. The molecule has 1 heterocycles. The molecule has 0 radical (unpaired) electrons. The number of unbranched alkanes of at least 4 members (excludes halogenated alkanes) is 8. The minimum Gasteiger partial charge on any atom is -0.390 e. The third kappa shape index (κ3) is 11.7. The monoisotopic (exact) mass is 475 g/mol. The molecule has 0 fully saturated rings. The number of amidine groups is 1. The first-order valence-corrected chi connectivity index (χ1v) is 13.7. The fraction of sp³-hybridized carbons (Fsp3) is 0.826. The zero-order valence-corrected chi connectivity index (χ0v) is 20.4. The maximum Gasteiger partial charge on any atom is 0.267 e. The van der Waals surface area contributed by atoms with Crippen LogP contribution in [0.2, 0.25) is 0 Å². The Labute approximate surface area is 193 Å². The van der Waals surface area contributed by atoms with Gasteiger partial charge in [0.1, 0.15) is 31.5 Å². The van der Waals surface area contributed by atoms with Gasteiger partial charge >= 0.3 is 0 Å². The van der Waals surface area contributed by atoms with Crippen LogP contribution in [0.1, 0.15) is 77.6 Å². The molecular weight excluding hydrogens is 432 g/mol. The summed E-state index contributed by atoms with van der Waals surface area (Å²) in [4.78, 5) is 17.1. The summed E-state index contributed by atoms with van der Waals surface area (Å²) < 4.78 is 31.1. The zero-order chi connectivity index (χ0) is 23.9. The van der Waals surface area contributed by atoms with Crippen LogP contribution in [0.3, 0.4) is 0 Å². The number of Topliss-reactive ketones (excluding diaryl/α,β-unsaturated/α-hetero) is 1. The number of carbonyl (C=O) groups excluding carboxylic acids is 1. The molecule has 2 unspecified atom stereocenters. The van der Waals surface area contributed by atoms with Crippen LogP contribution in [0.4, 0.5) is 0 Å². The SMILES string of the molecule is CCCCCCCCCC/C=C/CCC(=O)C1=NCC[N+]1(CCO)CC(O)CS(=O)(=O)O. The van der Waals surface area contributed by atoms with E-state index in [0.29, 0.717) is 19.5 Å². The number of aliphatic imine (C=N–C) groups is 1. The fourth-order valence-electron chi connectivity index (χ4n) is 4.29. The van der Waals surface area contributed by atoms with E-state index in [2.05, 4.69) is 18.0 Å². The number of aliphatic hydroxyl groups excluding tert-OH is 2. The van der Waals surface area contributed by atoms with Crippen LogP contribution < -0.4 is 0 Å². The minimum absolute atomic E-state index is 0.0476. The molecule has 0 aromatic carbocycles. The molecule has 0 aromatic heterocycles. The van der Waals surface area contributed by atoms with Gasteiger partial charge in [-0.15, -0.1) is 0 Å². The van der Waals surface area contributed by atoms with E-state index in [0.717, 1.165) is 12.8 Å². The van der Waals surface area contributed by atoms with Crippen LogP contribution >= 0.6 is 0 Å². The fourth-order valence-corrected chi connectivity index (χ4v) is 4.88. The van der Waals surface area contributed by atoms with Crippen molar-refractivity contribution in [3.05, 3.63) is 12.2 Å². The van der Waals surface area contributed by atoms with E-state index in [9.17, 15) is 23.4 Å². The molecule has 0 amide bonds. The van der Waals surface area contributed by atoms with E-state index >= 15 is 0 Å². The van der Waals surface area contributed by atoms with Crippen LogP contribution in [-0.4, -0.2) is 83.9 Å². The summed E-state index contributed by atoms with van der Waals surface area (Å²) in [6.07, 6.45) is 15.0. The molecule has 1 aliphatic heterocycles. The molecule has 0 saturated heterocycles. The van der Waals surface area contributed by atoms with E-state index < -0.39 is 22.0 Å². The predicted octanol–water partition coefficient (Wildman–Crippen LogP) is 2.89. The van der Waals surface area contributed by atoms with Gasteiger partial charge in [-0.2, -0.15) is 8.42 Å². The number of nitrogens with zero attached hydrogens (tertiary/aromatic N) is 2. The summed E-state index contributed by atoms with van der Waals surface area (Å²) in [5.74, 6) is -0.668. The normalized spacial score (nSPS) is 20.1. The van der Waals surface area contributed by atoms with Gasteiger partial charge < -0.3 is 10.2 Å². The zero-order valence-electron chi connectivity index (χ0n) is 19.6. The van der Waals surface area contributed by atoms with Crippen molar-refractivity contribution >= 4 is 21.7 Å². The predicted molar refractivity (Wildman–Crippen MR) is 127 cm³/mol. The maximum absolute atomic E-state index is 12.8. The van der Waals surface area contributed by atoms with E-state index in [1.54, 1.807) is 0 Å². The molecule has 186 valence electrons. The number of hydrogen-bond acceptors (Lipinski definition) is 6. The van der Waals surface area contributed by atoms with Crippen LogP contribution in [0.15, 0.2) is 17.1 Å². The molecule has 9 heteroatoms. The van der Waals surface area contributed by atoms with Gasteiger partial charge in [0.25, 0.3) is 16.0 Å². The van der Waals surface area contributed by atoms with Crippen molar-refractivity contribution in [1.82, 2.24) is 0 Å². The van der Waals surface area contributed by atoms with E-state index in [1.807, 2.05) is 6.08 Å². The first kappa shape index (κ1) is 28.9. The number of carbonyl (C=O) groups is 1. The number of quaternary nitrogens is 1. The summed E-state index contributed by atoms with van der Waals surface area (Å²) >= 11 is 0. The van der Waals surface area contributed by atoms with Crippen LogP contribution in [-0.2, 0) is 14.9 Å². The number of ketones is 1. The Kier molecular flexibility index (Phi) is 14.1. The van der Waals surface area contributed by atoms with Gasteiger partial charge in [-0.05, 0) is 19.3 Å². The van der Waals surface area contributed by atoms with Crippen molar-refractivity contribution in [3.63, 3.8) is 0 Å². The molecule has 0 bridgehead atoms. The van der Waals surface area contributed by atoms with Gasteiger partial charge in [-0.25, -0.2) is 4.99 Å². The lowest BCUT2D eigenvalue weighted by Gasteiger charge is -2.34. The number of rotatable bonds is 19. The molecule has 2 atom stereocenters. The van der Waals surface area contributed by atoms with E-state index in [-0.39, 0.29) is 42.2 Å². The first-order chi connectivity index (χ1) is 15.2. The Morgan fingerprint density at radius 1 is 1.09 bits per heavy atom. The lowest BCUT2D eigenvalue weighted by atomic mass is 10.1. The third-order valence-corrected chi connectivity index (χ3v) is 6.71. The van der Waals surface area contributed by atoms with Gasteiger partial charge in [-0.1, -0.05) is 64.0 Å². The average Bonchev–Trinajstić information content (AvgIpc) is 3.10. The van der Waals surface area contributed by atoms with Crippen LogP contribution in [0, 0.1) is 0 Å². The van der Waals surface area contributed by atoms with Crippen molar-refractivity contribution in [2.45, 2.75) is 83.7 Å². The number of aliphatic hydroxyl groups is 2. The summed E-state index contributed by atoms with van der Waals surface area (Å²) in [6.45, 7) is 2.89. The molecule has 8 nitrogen and oxygen atoms in total. The van der Waals surface area contributed by atoms with Gasteiger partial charge in [-0.3, -0.25) is 13.8 Å². The smallest absolute Gasteiger partial charge is 0.267 e. The van der Waals surface area contributed by atoms with Crippen molar-refractivity contribution < 1.29 is 32.5 Å². The van der Waals surface area contributed by atoms with Crippen molar-refractivity contribution in [1.29, 1.82) is 0 Å². The second-order valence-electron chi connectivity index (χ2n) is 8.80. The second kappa shape index (κ2) is 15.7. The largest absolute Gasteiger partial charge is 0.390 e. The summed E-state index contributed by atoms with van der Waals surface area (Å²) in [5, 5.41) is 19.6. The lowest BCUT2D eigenvalue weighted by Crippen LogP contribution is -2.59. The number of hydrogen-bond donors (Lipinski definition) is 3. The summed E-state index contributed by atoms with van der Waals surface area (Å²) in [6, 6.07) is 0. The Morgan fingerprint density at radius 2 is 1.72 bits per heavy atom. The van der Waals surface area contributed by atoms with Crippen molar-refractivity contribution in [2.24, 2.45) is 4.99 Å². The third-order valence-electron chi connectivity index (χ3n) is 5.91. The van der Waals surface area contributed by atoms with Crippen LogP contribution in [0.25, 0.3) is 0 Å². The highest BCUT2D eigenvalue weighted by Gasteiger charge is 2.43. The summed E-state index contributed by atoms with van der Waals surface area (Å²) in [7, 11) is -4.34. The maximum atomic E-state index is 12.8. The average molecular weight is 476 g/mol. The molecule has 1 aliphatic rings. The van der Waals surface area contributed by atoms with E-state index in [4.69, 9.17) is 4.55 Å². The van der Waals surface area contributed by atoms with E-state index in [1.165, 1.54) is 44.9 Å². The molecule has 0 aromatic rings. The first-order valence-electron chi connectivity index (χ1n) is 12.1. The molecule has 32 heavy (non-hydrogen) atoms. The Morgan fingerprint density at radius 3 is 2.34 bits per heavy atom. The van der Waals surface area contributed by atoms with Gasteiger partial charge in [0.05, 0.1) is 13.2 Å². The molecule has 0 spiro atoms. The highest BCUT2D eigenvalue weighted by atomic mass is 32.2. The Hall–Kier alpha value is -1.13. The highest BCUT2D eigenvalue weighted by Crippen LogP contribution is 2.19.